The van der Waals surface area contributed by atoms with E-state index in [2.05, 4.69) is 20.9 Å². The zero-order valence-corrected chi connectivity index (χ0v) is 8.72. The van der Waals surface area contributed by atoms with Gasteiger partial charge in [0.15, 0.2) is 0 Å². The minimum Gasteiger partial charge on any atom is -0.258 e. The molecule has 8 heteroatoms. The summed E-state index contributed by atoms with van der Waals surface area (Å²) in [6.45, 7) is 0. The van der Waals surface area contributed by atoms with Gasteiger partial charge in [-0.2, -0.15) is 0 Å². The molecule has 0 aliphatic rings. The maximum absolute atomic E-state index is 12.3. The number of hydrogen-bond donors (Lipinski definition) is 0. The zero-order chi connectivity index (χ0) is 10.9. The second-order valence-electron chi connectivity index (χ2n) is 2.22. The largest absolute Gasteiger partial charge is 0.292 e. The zero-order valence-electron chi connectivity index (χ0n) is 6.38. The van der Waals surface area contributed by atoms with E-state index in [-0.39, 0.29) is 4.60 Å². The number of rotatable bonds is 2. The van der Waals surface area contributed by atoms with Crippen molar-refractivity contribution >= 4 is 33.2 Å². The van der Waals surface area contributed by atoms with Gasteiger partial charge in [0, 0.05) is 0 Å². The molecule has 0 bridgehead atoms. The predicted molar refractivity (Wildman–Crippen MR) is 48.6 cm³/mol. The van der Waals surface area contributed by atoms with Gasteiger partial charge in [-0.1, -0.05) is 11.6 Å². The Morgan fingerprint density at radius 3 is 2.64 bits per heavy atom. The molecule has 0 unspecified atom stereocenters. The molecular formula is C6H2BrClF2N2O2. The van der Waals surface area contributed by atoms with E-state index in [4.69, 9.17) is 11.6 Å². The van der Waals surface area contributed by atoms with Gasteiger partial charge in [-0.25, -0.2) is 13.8 Å². The van der Waals surface area contributed by atoms with E-state index in [0.717, 1.165) is 6.07 Å². The van der Waals surface area contributed by atoms with Crippen LogP contribution < -0.4 is 0 Å². The minimum atomic E-state index is -2.95. The van der Waals surface area contributed by atoms with E-state index in [1.54, 1.807) is 0 Å². The van der Waals surface area contributed by atoms with Gasteiger partial charge in [0.05, 0.1) is 11.0 Å². The molecular weight excluding hydrogens is 285 g/mol. The third-order valence-electron chi connectivity index (χ3n) is 1.34. The van der Waals surface area contributed by atoms with Crippen molar-refractivity contribution in [1.29, 1.82) is 0 Å². The summed E-state index contributed by atoms with van der Waals surface area (Å²) in [6, 6.07) is 0.966. The van der Waals surface area contributed by atoms with Crippen molar-refractivity contribution in [3.8, 4) is 0 Å². The van der Waals surface area contributed by atoms with Crippen LogP contribution in [0.3, 0.4) is 0 Å². The van der Waals surface area contributed by atoms with E-state index in [1.807, 2.05) is 0 Å². The van der Waals surface area contributed by atoms with Crippen molar-refractivity contribution in [2.75, 3.05) is 0 Å². The summed E-state index contributed by atoms with van der Waals surface area (Å²) in [7, 11) is 0. The van der Waals surface area contributed by atoms with Gasteiger partial charge in [0.25, 0.3) is 12.1 Å². The summed E-state index contributed by atoms with van der Waals surface area (Å²) in [5, 5.41) is 9.75. The molecule has 0 aliphatic heterocycles. The second-order valence-corrected chi connectivity index (χ2v) is 3.41. The molecule has 1 aromatic heterocycles. The van der Waals surface area contributed by atoms with Crippen LogP contribution in [-0.2, 0) is 0 Å². The van der Waals surface area contributed by atoms with Gasteiger partial charge < -0.3 is 0 Å². The maximum Gasteiger partial charge on any atom is 0.292 e. The molecule has 1 aromatic rings. The lowest BCUT2D eigenvalue weighted by atomic mass is 10.3. The van der Waals surface area contributed by atoms with Crippen molar-refractivity contribution in [2.24, 2.45) is 0 Å². The summed E-state index contributed by atoms with van der Waals surface area (Å²) in [5.41, 5.74) is -1.39. The number of nitro groups is 1. The normalized spacial score (nSPS) is 10.6. The van der Waals surface area contributed by atoms with E-state index in [9.17, 15) is 18.9 Å². The van der Waals surface area contributed by atoms with E-state index in [0.29, 0.717) is 0 Å². The average molecular weight is 287 g/mol. The molecule has 0 atom stereocenters. The quantitative estimate of drug-likeness (QED) is 0.476. The van der Waals surface area contributed by atoms with Gasteiger partial charge in [-0.05, 0) is 15.9 Å². The van der Waals surface area contributed by atoms with Crippen molar-refractivity contribution in [1.82, 2.24) is 4.98 Å². The molecule has 14 heavy (non-hydrogen) atoms. The van der Waals surface area contributed by atoms with Crippen LogP contribution in [0.4, 0.5) is 14.5 Å². The lowest BCUT2D eigenvalue weighted by Crippen LogP contribution is -1.98. The van der Waals surface area contributed by atoms with Crippen LogP contribution in [0.5, 0.6) is 0 Å². The maximum atomic E-state index is 12.3. The Hall–Kier alpha value is -0.820. The standard InChI is InChI=1S/C6H2BrClF2N2O2/c7-3-1-2(12(13)14)4(8)5(11-3)6(9)10/h1,6H. The summed E-state index contributed by atoms with van der Waals surface area (Å²) < 4.78 is 24.5. The fourth-order valence-corrected chi connectivity index (χ4v) is 1.44. The Kier molecular flexibility index (Phi) is 3.33. The molecule has 0 amide bonds. The fourth-order valence-electron chi connectivity index (χ4n) is 0.781. The molecule has 0 aliphatic carbocycles. The molecule has 0 fully saturated rings. The first-order chi connectivity index (χ1) is 6.43. The highest BCUT2D eigenvalue weighted by molar-refractivity contribution is 9.10. The summed E-state index contributed by atoms with van der Waals surface area (Å²) in [6.07, 6.45) is -2.95. The molecule has 0 saturated carbocycles. The second kappa shape index (κ2) is 4.14. The molecule has 1 rings (SSSR count). The third-order valence-corrected chi connectivity index (χ3v) is 2.13. The number of halogens is 4. The molecule has 0 aromatic carbocycles. The van der Waals surface area contributed by atoms with E-state index >= 15 is 0 Å². The molecule has 76 valence electrons. The molecule has 1 heterocycles. The molecule has 0 spiro atoms. The van der Waals surface area contributed by atoms with Gasteiger partial charge in [-0.15, -0.1) is 0 Å². The third kappa shape index (κ3) is 2.16. The Balaban J connectivity index is 3.40. The molecule has 0 radical (unpaired) electrons. The number of aromatic nitrogens is 1. The molecule has 4 nitrogen and oxygen atoms in total. The lowest BCUT2D eigenvalue weighted by Gasteiger charge is -2.02. The summed E-state index contributed by atoms with van der Waals surface area (Å²) in [5.74, 6) is 0. The fraction of sp³-hybridized carbons (Fsp3) is 0.167. The predicted octanol–water partition coefficient (Wildman–Crippen LogP) is 3.34. The lowest BCUT2D eigenvalue weighted by molar-refractivity contribution is -0.384. The number of nitrogens with zero attached hydrogens (tertiary/aromatic N) is 2. The first-order valence-electron chi connectivity index (χ1n) is 3.22. The van der Waals surface area contributed by atoms with Crippen LogP contribution in [0.25, 0.3) is 0 Å². The first-order valence-corrected chi connectivity index (χ1v) is 4.39. The van der Waals surface area contributed by atoms with Crippen LogP contribution in [0.1, 0.15) is 12.1 Å². The van der Waals surface area contributed by atoms with Gasteiger partial charge in [0.2, 0.25) is 0 Å². The van der Waals surface area contributed by atoms with Gasteiger partial charge in [-0.3, -0.25) is 10.1 Å². The van der Waals surface area contributed by atoms with Crippen LogP contribution in [-0.4, -0.2) is 9.91 Å². The van der Waals surface area contributed by atoms with Crippen molar-refractivity contribution in [2.45, 2.75) is 6.43 Å². The van der Waals surface area contributed by atoms with Crippen LogP contribution in [0, 0.1) is 10.1 Å². The Morgan fingerprint density at radius 2 is 2.21 bits per heavy atom. The van der Waals surface area contributed by atoms with Crippen LogP contribution >= 0.6 is 27.5 Å². The Labute approximate surface area is 90.2 Å². The van der Waals surface area contributed by atoms with Crippen molar-refractivity contribution in [3.63, 3.8) is 0 Å². The highest BCUT2D eigenvalue weighted by Crippen LogP contribution is 2.34. The Morgan fingerprint density at radius 1 is 1.64 bits per heavy atom. The highest BCUT2D eigenvalue weighted by atomic mass is 79.9. The first kappa shape index (κ1) is 11.3. The van der Waals surface area contributed by atoms with Gasteiger partial charge in [0.1, 0.15) is 15.3 Å². The van der Waals surface area contributed by atoms with Crippen molar-refractivity contribution in [3.05, 3.63) is 31.5 Å². The topological polar surface area (TPSA) is 56.0 Å². The van der Waals surface area contributed by atoms with Crippen molar-refractivity contribution < 1.29 is 13.7 Å². The number of alkyl halides is 2. The smallest absolute Gasteiger partial charge is 0.258 e. The highest BCUT2D eigenvalue weighted by Gasteiger charge is 2.24. The number of pyridine rings is 1. The Bertz CT molecular complexity index is 388. The van der Waals surface area contributed by atoms with E-state index < -0.39 is 27.8 Å². The summed E-state index contributed by atoms with van der Waals surface area (Å²) in [4.78, 5) is 12.9. The van der Waals surface area contributed by atoms with Crippen LogP contribution in [0.2, 0.25) is 5.02 Å². The van der Waals surface area contributed by atoms with Gasteiger partial charge >= 0.3 is 0 Å². The average Bonchev–Trinajstić information content (AvgIpc) is 2.07. The molecule has 0 N–H and O–H groups in total. The minimum absolute atomic E-state index is 0.0519. The van der Waals surface area contributed by atoms with E-state index in [1.165, 1.54) is 0 Å². The monoisotopic (exact) mass is 286 g/mol. The summed E-state index contributed by atoms with van der Waals surface area (Å²) >= 11 is 8.14. The van der Waals surface area contributed by atoms with Crippen LogP contribution in [0.15, 0.2) is 10.7 Å². The number of hydrogen-bond acceptors (Lipinski definition) is 3. The SMILES string of the molecule is O=[N+]([O-])c1cc(Br)nc(C(F)F)c1Cl. The molecule has 0 saturated heterocycles.